The van der Waals surface area contributed by atoms with Crippen LogP contribution in [0.5, 0.6) is 11.5 Å². The van der Waals surface area contributed by atoms with Crippen LogP contribution < -0.4 is 10.1 Å². The van der Waals surface area contributed by atoms with E-state index in [9.17, 15) is 9.59 Å². The van der Waals surface area contributed by atoms with Crippen LogP contribution in [-0.2, 0) is 16.1 Å². The molecule has 1 N–H and O–H groups in total. The van der Waals surface area contributed by atoms with Crippen LogP contribution in [0.4, 0.5) is 0 Å². The minimum atomic E-state index is -0.577. The highest BCUT2D eigenvalue weighted by atomic mass is 16.5. The van der Waals surface area contributed by atoms with Gasteiger partial charge in [-0.15, -0.1) is 0 Å². The molecule has 7 nitrogen and oxygen atoms in total. The highest BCUT2D eigenvalue weighted by molar-refractivity contribution is 5.96. The number of benzene rings is 3. The van der Waals surface area contributed by atoms with E-state index in [0.29, 0.717) is 28.5 Å². The number of para-hydroxylation sites is 1. The summed E-state index contributed by atoms with van der Waals surface area (Å²) in [5.41, 5.74) is 1.77. The summed E-state index contributed by atoms with van der Waals surface area (Å²) >= 11 is 0. The molecule has 7 heteroatoms. The molecule has 4 aromatic rings. The van der Waals surface area contributed by atoms with Crippen LogP contribution in [0.15, 0.2) is 95.5 Å². The number of nitrogens with zero attached hydrogens (tertiary/aromatic N) is 1. The van der Waals surface area contributed by atoms with Crippen LogP contribution in [0.1, 0.15) is 16.1 Å². The van der Waals surface area contributed by atoms with Gasteiger partial charge in [-0.1, -0.05) is 53.7 Å². The van der Waals surface area contributed by atoms with Gasteiger partial charge in [0.2, 0.25) is 0 Å². The molecule has 1 amide bonds. The quantitative estimate of drug-likeness (QED) is 0.412. The zero-order valence-electron chi connectivity index (χ0n) is 17.1. The van der Waals surface area contributed by atoms with Gasteiger partial charge in [-0.2, -0.15) is 0 Å². The average Bonchev–Trinajstić information content (AvgIpc) is 3.32. The molecule has 1 heterocycles. The van der Waals surface area contributed by atoms with Gasteiger partial charge in [0, 0.05) is 17.2 Å². The Morgan fingerprint density at radius 3 is 2.22 bits per heavy atom. The van der Waals surface area contributed by atoms with Crippen molar-refractivity contribution in [3.8, 4) is 22.8 Å². The van der Waals surface area contributed by atoms with Gasteiger partial charge in [0.05, 0.1) is 0 Å². The zero-order chi connectivity index (χ0) is 22.2. The third kappa shape index (κ3) is 5.60. The maximum atomic E-state index is 12.3. The largest absolute Gasteiger partial charge is 0.458 e. The molecular weight excluding hydrogens is 408 g/mol. The Kier molecular flexibility index (Phi) is 6.57. The normalized spacial score (nSPS) is 10.4. The van der Waals surface area contributed by atoms with Crippen molar-refractivity contribution in [3.63, 3.8) is 0 Å². The van der Waals surface area contributed by atoms with E-state index in [0.717, 1.165) is 5.56 Å². The Bertz CT molecular complexity index is 1170. The minimum Gasteiger partial charge on any atom is -0.458 e. The van der Waals surface area contributed by atoms with E-state index >= 15 is 0 Å². The summed E-state index contributed by atoms with van der Waals surface area (Å²) in [6, 6.07) is 27.2. The summed E-state index contributed by atoms with van der Waals surface area (Å²) < 4.78 is 16.1. The van der Waals surface area contributed by atoms with Gasteiger partial charge >= 0.3 is 5.97 Å². The first-order valence-corrected chi connectivity index (χ1v) is 9.95. The molecule has 0 saturated carbocycles. The number of esters is 1. The summed E-state index contributed by atoms with van der Waals surface area (Å²) in [4.78, 5) is 24.2. The molecule has 4 rings (SSSR count). The van der Waals surface area contributed by atoms with Gasteiger partial charge in [0.25, 0.3) is 5.91 Å². The molecule has 0 atom stereocenters. The number of carbonyl (C=O) groups is 2. The van der Waals surface area contributed by atoms with E-state index in [-0.39, 0.29) is 19.1 Å². The minimum absolute atomic E-state index is 0.0451. The highest BCUT2D eigenvalue weighted by Gasteiger charge is 2.12. The van der Waals surface area contributed by atoms with Gasteiger partial charge in [-0.3, -0.25) is 9.59 Å². The smallest absolute Gasteiger partial charge is 0.325 e. The first kappa shape index (κ1) is 20.9. The second-order valence-corrected chi connectivity index (χ2v) is 6.83. The molecule has 0 fully saturated rings. The summed E-state index contributed by atoms with van der Waals surface area (Å²) in [7, 11) is 0. The van der Waals surface area contributed by atoms with E-state index in [1.165, 1.54) is 0 Å². The summed E-state index contributed by atoms with van der Waals surface area (Å²) in [5.74, 6) is 0.933. The fourth-order valence-electron chi connectivity index (χ4n) is 2.88. The standard InChI is InChI=1S/C25H20N2O5/c28-24(30-17-20-15-23(32-27-20)18-7-3-1-4-8-18)16-26-25(29)19-11-13-22(14-12-19)31-21-9-5-2-6-10-21/h1-15H,16-17H2,(H,26,29). The Hall–Kier alpha value is -4.39. The molecule has 0 saturated heterocycles. The van der Waals surface area contributed by atoms with Crippen LogP contribution in [0, 0.1) is 0 Å². The second kappa shape index (κ2) is 10.1. The summed E-state index contributed by atoms with van der Waals surface area (Å²) in [5, 5.41) is 6.43. The van der Waals surface area contributed by atoms with Crippen molar-refractivity contribution in [1.29, 1.82) is 0 Å². The zero-order valence-corrected chi connectivity index (χ0v) is 17.1. The number of nitrogens with one attached hydrogen (secondary N) is 1. The SMILES string of the molecule is O=C(CNC(=O)c1ccc(Oc2ccccc2)cc1)OCc1cc(-c2ccccc2)on1. The monoisotopic (exact) mass is 428 g/mol. The molecule has 1 aromatic heterocycles. The topological polar surface area (TPSA) is 90.7 Å². The lowest BCUT2D eigenvalue weighted by molar-refractivity contribution is -0.143. The van der Waals surface area contributed by atoms with Gasteiger partial charge in [0.15, 0.2) is 5.76 Å². The number of amides is 1. The first-order valence-electron chi connectivity index (χ1n) is 9.95. The lowest BCUT2D eigenvalue weighted by atomic mass is 10.2. The van der Waals surface area contributed by atoms with E-state index < -0.39 is 5.97 Å². The Balaban J connectivity index is 1.22. The van der Waals surface area contributed by atoms with Crippen LogP contribution >= 0.6 is 0 Å². The Morgan fingerprint density at radius 2 is 1.50 bits per heavy atom. The van der Waals surface area contributed by atoms with Crippen molar-refractivity contribution in [2.75, 3.05) is 6.54 Å². The maximum Gasteiger partial charge on any atom is 0.325 e. The van der Waals surface area contributed by atoms with Gasteiger partial charge in [-0.05, 0) is 36.4 Å². The Labute approximate surface area is 184 Å². The van der Waals surface area contributed by atoms with Crippen molar-refractivity contribution in [2.24, 2.45) is 0 Å². The number of carbonyl (C=O) groups excluding carboxylic acids is 2. The maximum absolute atomic E-state index is 12.3. The third-order valence-corrected chi connectivity index (χ3v) is 4.49. The number of hydrogen-bond acceptors (Lipinski definition) is 6. The van der Waals surface area contributed by atoms with Gasteiger partial charge in [0.1, 0.15) is 30.3 Å². The fraction of sp³-hybridized carbons (Fsp3) is 0.0800. The second-order valence-electron chi connectivity index (χ2n) is 6.83. The van der Waals surface area contributed by atoms with Crippen LogP contribution in [-0.4, -0.2) is 23.6 Å². The highest BCUT2D eigenvalue weighted by Crippen LogP contribution is 2.21. The van der Waals surface area contributed by atoms with Crippen LogP contribution in [0.25, 0.3) is 11.3 Å². The van der Waals surface area contributed by atoms with Gasteiger partial charge < -0.3 is 19.3 Å². The summed E-state index contributed by atoms with van der Waals surface area (Å²) in [6.07, 6.45) is 0. The van der Waals surface area contributed by atoms with Crippen molar-refractivity contribution in [2.45, 2.75) is 6.61 Å². The third-order valence-electron chi connectivity index (χ3n) is 4.49. The van der Waals surface area contributed by atoms with E-state index in [4.69, 9.17) is 14.0 Å². The van der Waals surface area contributed by atoms with Crippen LogP contribution in [0.2, 0.25) is 0 Å². The lowest BCUT2D eigenvalue weighted by Crippen LogP contribution is -2.30. The van der Waals surface area contributed by atoms with Crippen molar-refractivity contribution in [3.05, 3.63) is 102 Å². The molecule has 0 aliphatic rings. The molecular formula is C25H20N2O5. The fourth-order valence-corrected chi connectivity index (χ4v) is 2.88. The van der Waals surface area contributed by atoms with E-state index in [1.54, 1.807) is 30.3 Å². The van der Waals surface area contributed by atoms with Crippen molar-refractivity contribution in [1.82, 2.24) is 10.5 Å². The predicted molar refractivity (Wildman–Crippen MR) is 117 cm³/mol. The first-order chi connectivity index (χ1) is 15.7. The van der Waals surface area contributed by atoms with Crippen LogP contribution in [0.3, 0.4) is 0 Å². The number of aromatic nitrogens is 1. The molecule has 0 unspecified atom stereocenters. The number of rotatable bonds is 8. The molecule has 0 aliphatic carbocycles. The van der Waals surface area contributed by atoms with Crippen molar-refractivity contribution >= 4 is 11.9 Å². The molecule has 160 valence electrons. The molecule has 0 bridgehead atoms. The Morgan fingerprint density at radius 1 is 0.844 bits per heavy atom. The molecule has 3 aromatic carbocycles. The molecule has 0 aliphatic heterocycles. The number of hydrogen-bond donors (Lipinski definition) is 1. The van der Waals surface area contributed by atoms with E-state index in [2.05, 4.69) is 10.5 Å². The van der Waals surface area contributed by atoms with E-state index in [1.807, 2.05) is 60.7 Å². The predicted octanol–water partition coefficient (Wildman–Crippen LogP) is 4.61. The molecule has 32 heavy (non-hydrogen) atoms. The number of ether oxygens (including phenoxy) is 2. The summed E-state index contributed by atoms with van der Waals surface area (Å²) in [6.45, 7) is -0.305. The van der Waals surface area contributed by atoms with Crippen molar-refractivity contribution < 1.29 is 23.6 Å². The van der Waals surface area contributed by atoms with Gasteiger partial charge in [-0.25, -0.2) is 0 Å². The molecule has 0 radical (unpaired) electrons. The molecule has 0 spiro atoms. The average molecular weight is 428 g/mol. The lowest BCUT2D eigenvalue weighted by Gasteiger charge is -2.07.